The third-order valence-electron chi connectivity index (χ3n) is 3.06. The van der Waals surface area contributed by atoms with Gasteiger partial charge in [-0.2, -0.15) is 5.10 Å². The summed E-state index contributed by atoms with van der Waals surface area (Å²) in [5.74, 6) is 0.259. The molecule has 0 saturated heterocycles. The van der Waals surface area contributed by atoms with Gasteiger partial charge in [0.1, 0.15) is 11.5 Å². The molecule has 0 aliphatic heterocycles. The molecule has 0 bridgehead atoms. The van der Waals surface area contributed by atoms with E-state index in [4.69, 9.17) is 4.74 Å². The number of hydrazone groups is 1. The zero-order valence-corrected chi connectivity index (χ0v) is 12.5. The second-order valence-corrected chi connectivity index (χ2v) is 4.61. The Hall–Kier alpha value is -2.82. The van der Waals surface area contributed by atoms with Gasteiger partial charge in [-0.25, -0.2) is 5.43 Å². The molecule has 22 heavy (non-hydrogen) atoms. The Labute approximate surface area is 129 Å². The lowest BCUT2D eigenvalue weighted by Crippen LogP contribution is -2.19. The molecule has 0 fully saturated rings. The van der Waals surface area contributed by atoms with Crippen molar-refractivity contribution in [1.82, 2.24) is 5.43 Å². The Morgan fingerprint density at radius 1 is 1.18 bits per heavy atom. The zero-order chi connectivity index (χ0) is 15.9. The van der Waals surface area contributed by atoms with Crippen molar-refractivity contribution in [2.45, 2.75) is 13.8 Å². The number of hydrogen-bond donors (Lipinski definition) is 2. The van der Waals surface area contributed by atoms with Crippen molar-refractivity contribution in [3.63, 3.8) is 0 Å². The summed E-state index contributed by atoms with van der Waals surface area (Å²) in [5, 5.41) is 13.7. The van der Waals surface area contributed by atoms with Crippen LogP contribution in [0.4, 0.5) is 0 Å². The quantitative estimate of drug-likeness (QED) is 0.658. The van der Waals surface area contributed by atoms with Crippen LogP contribution in [0, 0.1) is 0 Å². The van der Waals surface area contributed by atoms with Crippen LogP contribution >= 0.6 is 0 Å². The van der Waals surface area contributed by atoms with Crippen LogP contribution in [0.2, 0.25) is 0 Å². The van der Waals surface area contributed by atoms with Crippen molar-refractivity contribution in [1.29, 1.82) is 0 Å². The number of ether oxygens (including phenoxy) is 1. The van der Waals surface area contributed by atoms with Gasteiger partial charge in [0.25, 0.3) is 5.91 Å². The molecular weight excluding hydrogens is 280 g/mol. The van der Waals surface area contributed by atoms with Gasteiger partial charge in [-0.1, -0.05) is 12.1 Å². The number of phenolic OH excluding ortho intramolecular Hbond substituents is 1. The number of hydrogen-bond acceptors (Lipinski definition) is 4. The van der Waals surface area contributed by atoms with E-state index in [0.717, 1.165) is 11.3 Å². The topological polar surface area (TPSA) is 70.9 Å². The van der Waals surface area contributed by atoms with Crippen molar-refractivity contribution in [2.75, 3.05) is 6.61 Å². The molecule has 2 aromatic rings. The highest BCUT2D eigenvalue weighted by atomic mass is 16.5. The molecule has 0 unspecified atom stereocenters. The lowest BCUT2D eigenvalue weighted by molar-refractivity contribution is 0.0952. The Morgan fingerprint density at radius 3 is 2.50 bits per heavy atom. The average molecular weight is 298 g/mol. The van der Waals surface area contributed by atoms with Gasteiger partial charge >= 0.3 is 0 Å². The van der Waals surface area contributed by atoms with Gasteiger partial charge in [0.2, 0.25) is 0 Å². The van der Waals surface area contributed by atoms with Gasteiger partial charge in [0, 0.05) is 0 Å². The Bertz CT molecular complexity index is 679. The van der Waals surface area contributed by atoms with Gasteiger partial charge < -0.3 is 9.84 Å². The highest BCUT2D eigenvalue weighted by Crippen LogP contribution is 2.15. The number of rotatable bonds is 5. The number of aromatic hydroxyl groups is 1. The van der Waals surface area contributed by atoms with Crippen LogP contribution < -0.4 is 10.2 Å². The molecular formula is C17H18N2O3. The molecule has 0 aliphatic carbocycles. The van der Waals surface area contributed by atoms with Crippen molar-refractivity contribution in [2.24, 2.45) is 5.10 Å². The predicted octanol–water partition coefficient (Wildman–Crippen LogP) is 2.94. The van der Waals surface area contributed by atoms with E-state index in [1.54, 1.807) is 19.1 Å². The monoisotopic (exact) mass is 298 g/mol. The normalized spacial score (nSPS) is 11.1. The Balaban J connectivity index is 2.06. The Morgan fingerprint density at radius 2 is 1.86 bits per heavy atom. The number of nitrogens with zero attached hydrogens (tertiary/aromatic N) is 1. The number of phenols is 1. The summed E-state index contributed by atoms with van der Waals surface area (Å²) in [6.07, 6.45) is 0. The molecule has 0 radical (unpaired) electrons. The molecule has 0 atom stereocenters. The van der Waals surface area contributed by atoms with E-state index in [2.05, 4.69) is 10.5 Å². The minimum Gasteiger partial charge on any atom is -0.507 e. The van der Waals surface area contributed by atoms with E-state index in [-0.39, 0.29) is 11.3 Å². The van der Waals surface area contributed by atoms with Crippen LogP contribution in [0.3, 0.4) is 0 Å². The lowest BCUT2D eigenvalue weighted by atomic mass is 10.1. The van der Waals surface area contributed by atoms with Gasteiger partial charge in [-0.3, -0.25) is 4.79 Å². The van der Waals surface area contributed by atoms with E-state index in [9.17, 15) is 9.90 Å². The summed E-state index contributed by atoms with van der Waals surface area (Å²) in [7, 11) is 0. The first-order valence-corrected chi connectivity index (χ1v) is 6.97. The fraction of sp³-hybridized carbons (Fsp3) is 0.176. The van der Waals surface area contributed by atoms with Gasteiger partial charge in [0.05, 0.1) is 17.9 Å². The van der Waals surface area contributed by atoms with Gasteiger partial charge in [-0.05, 0) is 55.8 Å². The first-order chi connectivity index (χ1) is 10.6. The van der Waals surface area contributed by atoms with E-state index in [1.807, 2.05) is 31.2 Å². The fourth-order valence-electron chi connectivity index (χ4n) is 1.88. The number of para-hydroxylation sites is 1. The number of amides is 1. The molecule has 114 valence electrons. The van der Waals surface area contributed by atoms with Crippen LogP contribution in [0.1, 0.15) is 29.8 Å². The number of carbonyl (C=O) groups excluding carboxylic acids is 1. The summed E-state index contributed by atoms with van der Waals surface area (Å²) >= 11 is 0. The van der Waals surface area contributed by atoms with Crippen LogP contribution in [0.5, 0.6) is 11.5 Å². The number of benzene rings is 2. The second kappa shape index (κ2) is 7.26. The summed E-state index contributed by atoms with van der Waals surface area (Å²) in [4.78, 5) is 11.9. The molecule has 0 aromatic heterocycles. The molecule has 0 spiro atoms. The second-order valence-electron chi connectivity index (χ2n) is 4.61. The minimum atomic E-state index is -0.455. The largest absolute Gasteiger partial charge is 0.507 e. The zero-order valence-electron chi connectivity index (χ0n) is 12.5. The third-order valence-corrected chi connectivity index (χ3v) is 3.06. The molecule has 0 saturated carbocycles. The third kappa shape index (κ3) is 3.85. The molecule has 2 aromatic carbocycles. The average Bonchev–Trinajstić information content (AvgIpc) is 2.54. The van der Waals surface area contributed by atoms with Crippen LogP contribution in [0.15, 0.2) is 53.6 Å². The van der Waals surface area contributed by atoms with Crippen molar-refractivity contribution < 1.29 is 14.6 Å². The number of carbonyl (C=O) groups is 1. The molecule has 0 aliphatic rings. The minimum absolute atomic E-state index is 0.0751. The summed E-state index contributed by atoms with van der Waals surface area (Å²) < 4.78 is 5.37. The maximum Gasteiger partial charge on any atom is 0.275 e. The molecule has 1 amide bonds. The number of nitrogens with one attached hydrogen (secondary N) is 1. The van der Waals surface area contributed by atoms with E-state index in [0.29, 0.717) is 12.3 Å². The van der Waals surface area contributed by atoms with Crippen LogP contribution in [-0.4, -0.2) is 23.3 Å². The molecule has 5 heteroatoms. The summed E-state index contributed by atoms with van der Waals surface area (Å²) in [6.45, 7) is 4.33. The van der Waals surface area contributed by atoms with E-state index in [1.165, 1.54) is 12.1 Å². The molecule has 2 rings (SSSR count). The van der Waals surface area contributed by atoms with Crippen molar-refractivity contribution in [3.8, 4) is 11.5 Å². The highest BCUT2D eigenvalue weighted by molar-refractivity contribution is 6.01. The molecule has 5 nitrogen and oxygen atoms in total. The lowest BCUT2D eigenvalue weighted by Gasteiger charge is -2.06. The first kappa shape index (κ1) is 15.6. The van der Waals surface area contributed by atoms with Crippen molar-refractivity contribution in [3.05, 3.63) is 59.7 Å². The van der Waals surface area contributed by atoms with Gasteiger partial charge in [0.15, 0.2) is 0 Å². The summed E-state index contributed by atoms with van der Waals surface area (Å²) in [5.41, 5.74) is 4.16. The van der Waals surface area contributed by atoms with E-state index < -0.39 is 5.91 Å². The standard InChI is InChI=1S/C17H18N2O3/c1-3-22-14-10-8-13(9-11-14)12(2)18-19-17(21)15-6-4-5-7-16(15)20/h4-11,20H,3H2,1-2H3,(H,19,21)/b18-12+. The SMILES string of the molecule is CCOc1ccc(/C(C)=N/NC(=O)c2ccccc2O)cc1. The maximum atomic E-state index is 11.9. The smallest absolute Gasteiger partial charge is 0.275 e. The molecule has 2 N–H and O–H groups in total. The summed E-state index contributed by atoms with van der Waals surface area (Å²) in [6, 6.07) is 13.8. The highest BCUT2D eigenvalue weighted by Gasteiger charge is 2.09. The predicted molar refractivity (Wildman–Crippen MR) is 85.4 cm³/mol. The first-order valence-electron chi connectivity index (χ1n) is 6.97. The van der Waals surface area contributed by atoms with Gasteiger partial charge in [-0.15, -0.1) is 0 Å². The maximum absolute atomic E-state index is 11.9. The van der Waals surface area contributed by atoms with Crippen molar-refractivity contribution >= 4 is 11.6 Å². The fourth-order valence-corrected chi connectivity index (χ4v) is 1.88. The Kier molecular flexibility index (Phi) is 5.14. The molecule has 0 heterocycles. The van der Waals surface area contributed by atoms with Crippen LogP contribution in [-0.2, 0) is 0 Å². The van der Waals surface area contributed by atoms with E-state index >= 15 is 0 Å². The van der Waals surface area contributed by atoms with Crippen LogP contribution in [0.25, 0.3) is 0 Å².